The molecule has 0 aromatic carbocycles. The van der Waals surface area contributed by atoms with Crippen molar-refractivity contribution in [2.45, 2.75) is 24.8 Å². The first-order valence-corrected chi connectivity index (χ1v) is 8.43. The van der Waals surface area contributed by atoms with Crippen LogP contribution in [0.15, 0.2) is 11.3 Å². The van der Waals surface area contributed by atoms with E-state index >= 15 is 0 Å². The van der Waals surface area contributed by atoms with Crippen molar-refractivity contribution < 1.29 is 28.7 Å². The van der Waals surface area contributed by atoms with Crippen LogP contribution in [0, 0.1) is 0 Å². The molecule has 2 atom stereocenters. The largest absolute Gasteiger partial charge is 0.461 e. The molecule has 0 aromatic rings. The molecule has 2 amide bonds. The van der Waals surface area contributed by atoms with E-state index in [1.807, 2.05) is 0 Å². The fourth-order valence-corrected chi connectivity index (χ4v) is 3.72. The van der Waals surface area contributed by atoms with Crippen LogP contribution < -0.4 is 11.1 Å². The molecule has 0 spiro atoms. The number of esters is 2. The summed E-state index contributed by atoms with van der Waals surface area (Å²) in [5.74, 6) is -1.15. The number of nitrogens with one attached hydrogen (secondary N) is 1. The average Bonchev–Trinajstić information content (AvgIpc) is 2.56. The molecule has 2 aliphatic heterocycles. The quantitative estimate of drug-likeness (QED) is 0.238. The summed E-state index contributed by atoms with van der Waals surface area (Å²) < 4.78 is 10.1. The number of carbonyl (C=O) groups is 4. The Morgan fingerprint density at radius 2 is 2.21 bits per heavy atom. The number of amides is 2. The molecule has 132 valence electrons. The molecule has 2 heterocycles. The lowest BCUT2D eigenvalue weighted by Crippen LogP contribution is -2.69. The van der Waals surface area contributed by atoms with E-state index in [-0.39, 0.29) is 24.3 Å². The summed E-state index contributed by atoms with van der Waals surface area (Å²) in [6, 6.07) is -0.672. The van der Waals surface area contributed by atoms with Crippen LogP contribution in [-0.2, 0) is 28.7 Å². The molecular formula is C14H19N3O6S. The Kier molecular flexibility index (Phi) is 6.21. The fraction of sp³-hybridized carbons (Fsp3) is 0.571. The first-order chi connectivity index (χ1) is 11.5. The highest BCUT2D eigenvalue weighted by atomic mass is 32.2. The molecule has 0 aliphatic carbocycles. The second kappa shape index (κ2) is 8.15. The van der Waals surface area contributed by atoms with Gasteiger partial charge in [-0.3, -0.25) is 19.3 Å². The lowest BCUT2D eigenvalue weighted by Gasteiger charge is -2.49. The normalized spacial score (nSPS) is 22.4. The highest BCUT2D eigenvalue weighted by Gasteiger charge is 2.53. The van der Waals surface area contributed by atoms with Crippen molar-refractivity contribution in [2.24, 2.45) is 5.73 Å². The van der Waals surface area contributed by atoms with Gasteiger partial charge in [0.25, 0.3) is 5.91 Å². The maximum absolute atomic E-state index is 12.4. The third-order valence-corrected chi connectivity index (χ3v) is 4.86. The molecule has 1 saturated heterocycles. The summed E-state index contributed by atoms with van der Waals surface area (Å²) in [4.78, 5) is 47.5. The van der Waals surface area contributed by atoms with Gasteiger partial charge in [0, 0.05) is 18.2 Å². The Balaban J connectivity index is 2.20. The Morgan fingerprint density at radius 3 is 2.83 bits per heavy atom. The van der Waals surface area contributed by atoms with Crippen LogP contribution in [0.2, 0.25) is 0 Å². The van der Waals surface area contributed by atoms with Crippen molar-refractivity contribution >= 4 is 36.0 Å². The highest BCUT2D eigenvalue weighted by Crippen LogP contribution is 2.40. The summed E-state index contributed by atoms with van der Waals surface area (Å²) >= 11 is 1.38. The van der Waals surface area contributed by atoms with E-state index in [1.165, 1.54) is 23.6 Å². The van der Waals surface area contributed by atoms with Crippen LogP contribution in [0.3, 0.4) is 0 Å². The van der Waals surface area contributed by atoms with Crippen LogP contribution in [0.1, 0.15) is 13.3 Å². The minimum absolute atomic E-state index is 0.0889. The van der Waals surface area contributed by atoms with Crippen molar-refractivity contribution in [3.63, 3.8) is 0 Å². The molecule has 2 unspecified atom stereocenters. The number of hydrogen-bond donors (Lipinski definition) is 2. The number of rotatable bonds is 8. The van der Waals surface area contributed by atoms with E-state index in [2.05, 4.69) is 5.32 Å². The molecular weight excluding hydrogens is 338 g/mol. The maximum atomic E-state index is 12.4. The number of hydrogen-bond acceptors (Lipinski definition) is 8. The molecule has 3 N–H and O–H groups in total. The number of thioether (sulfide) groups is 1. The molecule has 9 nitrogen and oxygen atoms in total. The van der Waals surface area contributed by atoms with E-state index < -0.39 is 23.9 Å². The van der Waals surface area contributed by atoms with Crippen molar-refractivity contribution in [1.29, 1.82) is 0 Å². The lowest BCUT2D eigenvalue weighted by molar-refractivity contribution is -0.152. The van der Waals surface area contributed by atoms with Gasteiger partial charge in [-0.25, -0.2) is 4.79 Å². The molecule has 1 fully saturated rings. The second-order valence-electron chi connectivity index (χ2n) is 5.18. The van der Waals surface area contributed by atoms with E-state index in [1.54, 1.807) is 0 Å². The standard InChI is InChI=1S/C14H19N3O6S/c1-8(19)23-5-9-6-24-13-10(16-7-18)12(20)17(13)11(9)14(21)22-4-2-3-15/h7,10,13H,2-6,15H2,1H3,(H,16,18). The van der Waals surface area contributed by atoms with Crippen LogP contribution in [0.5, 0.6) is 0 Å². The molecule has 2 aliphatic rings. The number of β-lactam (4-membered cyclic amide) rings is 1. The van der Waals surface area contributed by atoms with E-state index in [9.17, 15) is 19.2 Å². The minimum atomic E-state index is -0.672. The van der Waals surface area contributed by atoms with Gasteiger partial charge in [-0.2, -0.15) is 0 Å². The van der Waals surface area contributed by atoms with Gasteiger partial charge in [0.1, 0.15) is 23.7 Å². The van der Waals surface area contributed by atoms with Crippen LogP contribution in [-0.4, -0.2) is 66.1 Å². The Hall–Kier alpha value is -2.07. The first-order valence-electron chi connectivity index (χ1n) is 7.38. The SMILES string of the molecule is CC(=O)OCC1=C(C(=O)OCCCN)N2C(=O)C(NC=O)C2SC1. The van der Waals surface area contributed by atoms with Gasteiger partial charge in [0.2, 0.25) is 6.41 Å². The minimum Gasteiger partial charge on any atom is -0.461 e. The number of fused-ring (bicyclic) bond motifs is 1. The first kappa shape index (κ1) is 18.3. The van der Waals surface area contributed by atoms with Gasteiger partial charge < -0.3 is 20.5 Å². The maximum Gasteiger partial charge on any atom is 0.355 e. The van der Waals surface area contributed by atoms with Gasteiger partial charge in [-0.05, 0) is 13.0 Å². The summed E-state index contributed by atoms with van der Waals surface area (Å²) in [7, 11) is 0. The molecule has 0 aromatic heterocycles. The van der Waals surface area contributed by atoms with E-state index in [0.29, 0.717) is 30.7 Å². The van der Waals surface area contributed by atoms with Crippen molar-refractivity contribution in [2.75, 3.05) is 25.5 Å². The summed E-state index contributed by atoms with van der Waals surface area (Å²) in [6.45, 7) is 1.68. The Labute approximate surface area is 142 Å². The highest BCUT2D eigenvalue weighted by molar-refractivity contribution is 8.00. The lowest BCUT2D eigenvalue weighted by atomic mass is 10.0. The van der Waals surface area contributed by atoms with Gasteiger partial charge in [0.15, 0.2) is 0 Å². The third kappa shape index (κ3) is 3.70. The monoisotopic (exact) mass is 357 g/mol. The molecule has 0 radical (unpaired) electrons. The smallest absolute Gasteiger partial charge is 0.355 e. The number of nitrogens with two attached hydrogens (primary N) is 1. The van der Waals surface area contributed by atoms with Crippen LogP contribution in [0.4, 0.5) is 0 Å². The summed E-state index contributed by atoms with van der Waals surface area (Å²) in [5.41, 5.74) is 5.96. The number of nitrogens with zero attached hydrogens (tertiary/aromatic N) is 1. The van der Waals surface area contributed by atoms with Crippen LogP contribution in [0.25, 0.3) is 0 Å². The molecule has 0 saturated carbocycles. The summed E-state index contributed by atoms with van der Waals surface area (Å²) in [5, 5.41) is 2.06. The number of ether oxygens (including phenoxy) is 2. The topological polar surface area (TPSA) is 128 Å². The molecule has 2 rings (SSSR count). The molecule has 0 bridgehead atoms. The van der Waals surface area contributed by atoms with Crippen molar-refractivity contribution in [1.82, 2.24) is 10.2 Å². The predicted octanol–water partition coefficient (Wildman–Crippen LogP) is -1.27. The van der Waals surface area contributed by atoms with E-state index in [4.69, 9.17) is 15.2 Å². The van der Waals surface area contributed by atoms with Crippen LogP contribution >= 0.6 is 11.8 Å². The zero-order valence-electron chi connectivity index (χ0n) is 13.1. The second-order valence-corrected chi connectivity index (χ2v) is 6.29. The Bertz CT molecular complexity index is 579. The van der Waals surface area contributed by atoms with Gasteiger partial charge in [0.05, 0.1) is 6.61 Å². The molecule has 10 heteroatoms. The third-order valence-electron chi connectivity index (χ3n) is 3.52. The average molecular weight is 357 g/mol. The number of carbonyl (C=O) groups excluding carboxylic acids is 4. The van der Waals surface area contributed by atoms with Crippen molar-refractivity contribution in [3.05, 3.63) is 11.3 Å². The van der Waals surface area contributed by atoms with Gasteiger partial charge in [-0.1, -0.05) is 0 Å². The van der Waals surface area contributed by atoms with Gasteiger partial charge in [-0.15, -0.1) is 11.8 Å². The van der Waals surface area contributed by atoms with Gasteiger partial charge >= 0.3 is 11.9 Å². The zero-order chi connectivity index (χ0) is 17.7. The zero-order valence-corrected chi connectivity index (χ0v) is 14.0. The fourth-order valence-electron chi connectivity index (χ4n) is 2.38. The predicted molar refractivity (Wildman–Crippen MR) is 84.4 cm³/mol. The summed E-state index contributed by atoms with van der Waals surface area (Å²) in [6.07, 6.45) is 0.956. The molecule has 24 heavy (non-hydrogen) atoms. The van der Waals surface area contributed by atoms with Crippen molar-refractivity contribution in [3.8, 4) is 0 Å². The Morgan fingerprint density at radius 1 is 1.46 bits per heavy atom. The van der Waals surface area contributed by atoms with E-state index in [0.717, 1.165) is 0 Å².